The average molecular weight is 1670 g/mol. The Morgan fingerprint density at radius 2 is 0.300 bits per heavy atom. The number of hydrogen-bond acceptors (Lipinski definition) is 8. The van der Waals surface area contributed by atoms with E-state index < -0.39 is 0 Å². The van der Waals surface area contributed by atoms with Crippen LogP contribution in [0.25, 0.3) is 224 Å². The van der Waals surface area contributed by atoms with E-state index >= 15 is 0 Å². The molecule has 4 bridgehead atoms. The normalized spacial score (nSPS) is 17.8. The molecule has 16 aromatic carbocycles. The van der Waals surface area contributed by atoms with Crippen molar-refractivity contribution in [3.8, 4) is 136 Å². The van der Waals surface area contributed by atoms with Gasteiger partial charge in [-0.15, -0.1) is 0 Å². The van der Waals surface area contributed by atoms with Gasteiger partial charge in [-0.2, -0.15) is 0 Å². The summed E-state index contributed by atoms with van der Waals surface area (Å²) in [4.78, 5) is 70.6. The molecule has 0 radical (unpaired) electrons. The van der Waals surface area contributed by atoms with Gasteiger partial charge in [0.15, 0.2) is 0 Å². The predicted molar refractivity (Wildman–Crippen MR) is 523 cm³/mol. The SMILES string of the molecule is c1ccc(-c2nc3cc(-c4ccc5nc(-c6ccc(C78CC9(c%10ccc(-c%11nc%12ccc(-c%13ccc%14[nH]c(-c%15ccccc%15)nc%14c%13)cc%12[nH]%11)cc%10)CC(c%10ccc(-c%11nc%12ccc(-c%13ccc%14[nH]c(-c%15ccccc%15)nc%14c%13)cc%12[nH]%11)cc%10)(C7)CC(c7ccc(-c%10nc%11ccc(-c%12ccc%13[nH]c(-c%14ccccc%14)nc%13c%12)cc%11[nH]%10)cc7)(C8)C9)cc6)[nH]c5c4)ccc3[nH]2)cc1. The fraction of sp³-hybridized carbons (Fsp3) is 0.0877. The third-order valence-electron chi connectivity index (χ3n) is 28.5. The van der Waals surface area contributed by atoms with E-state index in [2.05, 4.69) is 331 Å². The molecule has 4 aliphatic carbocycles. The van der Waals surface area contributed by atoms with Gasteiger partial charge in [0.05, 0.1) is 88.3 Å². The highest BCUT2D eigenvalue weighted by Crippen LogP contribution is 2.75. The van der Waals surface area contributed by atoms with Crippen LogP contribution in [0.4, 0.5) is 0 Å². The smallest absolute Gasteiger partial charge is 0.138 e. The minimum Gasteiger partial charge on any atom is -0.338 e. The standard InChI is InChI=1S/C114H80N16/c1-5-13-67(14-6-1)103-115-87-45-29-75(53-95(87)123-103)79-33-49-91-99(57-79)127-107(119-91)71-21-37-83(38-22-71)111-61-112(84-39-23-72(24-40-84)108-120-92-50-34-80(58-100(92)128-108)76-30-46-88-96(54-76)124-104(116-88)68-15-7-2-8-16-68)64-113(62-111,85-41-25-73(26-42-85)109-121-93-51-35-81(59-101(93)129-109)77-31-47-89-97(55-77)125-105(117-89)69-17-9-3-10-18-69)66-114(63-111,65-112)86-43-27-74(28-44-86)110-122-94-52-36-82(60-102(94)130-110)78-32-48-90-98(56-78)126-106(118-90)70-19-11-4-12-20-70/h1-60H,61-66H2,(H,115,123)(H,116,124)(H,117,125)(H,118,126)(H,119,127)(H,120,128)(H,121,129)(H,122,130). The van der Waals surface area contributed by atoms with E-state index in [-0.39, 0.29) is 21.7 Å². The van der Waals surface area contributed by atoms with Crippen LogP contribution in [0.5, 0.6) is 0 Å². The molecule has 8 heterocycles. The first-order valence-electron chi connectivity index (χ1n) is 44.7. The van der Waals surface area contributed by atoms with Gasteiger partial charge < -0.3 is 39.9 Å². The van der Waals surface area contributed by atoms with Crippen molar-refractivity contribution in [2.24, 2.45) is 0 Å². The fourth-order valence-corrected chi connectivity index (χ4v) is 22.8. The molecular formula is C114H80N16. The quantitative estimate of drug-likeness (QED) is 0.0463. The van der Waals surface area contributed by atoms with Gasteiger partial charge in [-0.1, -0.05) is 267 Å². The van der Waals surface area contributed by atoms with Gasteiger partial charge in [0, 0.05) is 44.5 Å². The number of aromatic nitrogens is 16. The molecule has 24 aromatic rings. The van der Waals surface area contributed by atoms with Crippen molar-refractivity contribution in [3.05, 3.63) is 386 Å². The second-order valence-corrected chi connectivity index (χ2v) is 36.5. The predicted octanol–water partition coefficient (Wildman–Crippen LogP) is 27.1. The van der Waals surface area contributed by atoms with Crippen LogP contribution in [0.2, 0.25) is 0 Å². The van der Waals surface area contributed by atoms with Gasteiger partial charge in [-0.05, 0) is 224 Å². The Labute approximate surface area is 745 Å². The minimum absolute atomic E-state index is 0.281. The van der Waals surface area contributed by atoms with Gasteiger partial charge in [0.1, 0.15) is 46.6 Å². The molecule has 0 amide bonds. The average Bonchev–Trinajstić information content (AvgIpc) is 0.841. The van der Waals surface area contributed by atoms with E-state index in [4.69, 9.17) is 39.9 Å². The van der Waals surface area contributed by atoms with Crippen molar-refractivity contribution in [1.29, 1.82) is 0 Å². The Kier molecular flexibility index (Phi) is 16.1. The maximum absolute atomic E-state index is 5.30. The third-order valence-corrected chi connectivity index (χ3v) is 28.5. The Morgan fingerprint density at radius 1 is 0.138 bits per heavy atom. The highest BCUT2D eigenvalue weighted by molar-refractivity contribution is 5.95. The molecule has 4 saturated carbocycles. The summed E-state index contributed by atoms with van der Waals surface area (Å²) in [7, 11) is 0. The molecule has 16 nitrogen and oxygen atoms in total. The Bertz CT molecular complexity index is 7560. The minimum atomic E-state index is -0.281. The fourth-order valence-electron chi connectivity index (χ4n) is 22.8. The van der Waals surface area contributed by atoms with Crippen LogP contribution in [0, 0.1) is 0 Å². The van der Waals surface area contributed by atoms with E-state index in [0.29, 0.717) is 0 Å². The number of hydrogen-bond donors (Lipinski definition) is 8. The molecular weight excluding hydrogens is 1590 g/mol. The Balaban J connectivity index is 0.559. The first kappa shape index (κ1) is 73.6. The topological polar surface area (TPSA) is 229 Å². The summed E-state index contributed by atoms with van der Waals surface area (Å²) in [5.74, 6) is 6.77. The number of nitrogens with one attached hydrogen (secondary N) is 8. The summed E-state index contributed by atoms with van der Waals surface area (Å²) >= 11 is 0. The van der Waals surface area contributed by atoms with Crippen LogP contribution in [0.3, 0.4) is 0 Å². The van der Waals surface area contributed by atoms with Crippen molar-refractivity contribution < 1.29 is 0 Å². The number of fused-ring (bicyclic) bond motifs is 8. The molecule has 0 atom stereocenters. The Hall–Kier alpha value is -16.7. The van der Waals surface area contributed by atoms with E-state index in [1.54, 1.807) is 0 Å². The Morgan fingerprint density at radius 3 is 0.508 bits per heavy atom. The lowest BCUT2D eigenvalue weighted by atomic mass is 9.32. The molecule has 8 N–H and O–H groups in total. The van der Waals surface area contributed by atoms with Gasteiger partial charge in [0.2, 0.25) is 0 Å². The summed E-state index contributed by atoms with van der Waals surface area (Å²) in [5, 5.41) is 0. The third kappa shape index (κ3) is 12.3. The number of nitrogens with zero attached hydrogens (tertiary/aromatic N) is 8. The van der Waals surface area contributed by atoms with Gasteiger partial charge in [-0.3, -0.25) is 0 Å². The lowest BCUT2D eigenvalue weighted by Crippen LogP contribution is -2.67. The monoisotopic (exact) mass is 1670 g/mol. The van der Waals surface area contributed by atoms with Gasteiger partial charge in [0.25, 0.3) is 0 Å². The molecule has 0 unspecified atom stereocenters. The van der Waals surface area contributed by atoms with Crippen molar-refractivity contribution in [2.45, 2.75) is 60.2 Å². The lowest BCUT2D eigenvalue weighted by molar-refractivity contribution is -0.0691. The van der Waals surface area contributed by atoms with Crippen LogP contribution in [0.15, 0.2) is 364 Å². The van der Waals surface area contributed by atoms with Crippen LogP contribution in [-0.4, -0.2) is 79.7 Å². The second kappa shape index (κ2) is 28.4. The number of H-pyrrole nitrogens is 8. The van der Waals surface area contributed by atoms with E-state index in [1.807, 2.05) is 72.8 Å². The molecule has 4 fully saturated rings. The molecule has 130 heavy (non-hydrogen) atoms. The number of rotatable bonds is 16. The summed E-state index contributed by atoms with van der Waals surface area (Å²) in [6, 6.07) is 131. The first-order valence-corrected chi connectivity index (χ1v) is 44.7. The van der Waals surface area contributed by atoms with Crippen molar-refractivity contribution in [1.82, 2.24) is 79.7 Å². The van der Waals surface area contributed by atoms with Crippen molar-refractivity contribution in [3.63, 3.8) is 0 Å². The molecule has 0 saturated heterocycles. The molecule has 616 valence electrons. The first-order chi connectivity index (χ1) is 64.0. The molecule has 8 aromatic heterocycles. The van der Waals surface area contributed by atoms with E-state index in [9.17, 15) is 0 Å². The molecule has 0 aliphatic heterocycles. The highest BCUT2D eigenvalue weighted by atomic mass is 15.0. The highest BCUT2D eigenvalue weighted by Gasteiger charge is 2.69. The number of imidazole rings is 8. The number of aromatic amines is 8. The zero-order chi connectivity index (χ0) is 85.4. The van der Waals surface area contributed by atoms with E-state index in [1.165, 1.54) is 22.3 Å². The van der Waals surface area contributed by atoms with Crippen molar-refractivity contribution in [2.75, 3.05) is 0 Å². The van der Waals surface area contributed by atoms with Crippen LogP contribution in [-0.2, 0) is 21.7 Å². The van der Waals surface area contributed by atoms with Gasteiger partial charge >= 0.3 is 0 Å². The zero-order valence-electron chi connectivity index (χ0n) is 70.5. The molecule has 0 spiro atoms. The summed E-state index contributed by atoms with van der Waals surface area (Å²) < 4.78 is 0. The van der Waals surface area contributed by atoms with Gasteiger partial charge in [-0.25, -0.2) is 39.9 Å². The second-order valence-electron chi connectivity index (χ2n) is 36.5. The summed E-state index contributed by atoms with van der Waals surface area (Å²) in [6.45, 7) is 0. The van der Waals surface area contributed by atoms with Crippen LogP contribution < -0.4 is 0 Å². The zero-order valence-corrected chi connectivity index (χ0v) is 70.5. The molecule has 4 aliphatic rings. The maximum atomic E-state index is 5.30. The van der Waals surface area contributed by atoms with Crippen LogP contribution in [0.1, 0.15) is 60.8 Å². The largest absolute Gasteiger partial charge is 0.338 e. The molecule has 16 heteroatoms. The van der Waals surface area contributed by atoms with E-state index in [0.717, 1.165) is 262 Å². The summed E-state index contributed by atoms with van der Waals surface area (Å²) in [5.41, 5.74) is 36.7. The number of benzene rings is 16. The lowest BCUT2D eigenvalue weighted by Gasteiger charge is -2.71. The maximum Gasteiger partial charge on any atom is 0.138 e. The summed E-state index contributed by atoms with van der Waals surface area (Å²) in [6.07, 6.45) is 5.86. The molecule has 28 rings (SSSR count). The van der Waals surface area contributed by atoms with Crippen LogP contribution >= 0.6 is 0 Å². The van der Waals surface area contributed by atoms with Crippen molar-refractivity contribution >= 4 is 88.3 Å².